The first-order valence-electron chi connectivity index (χ1n) is 10.9. The van der Waals surface area contributed by atoms with Crippen molar-refractivity contribution >= 4 is 34.0 Å². The molecule has 6 nitrogen and oxygen atoms in total. The molecule has 172 valence electrons. The second-order valence-electron chi connectivity index (χ2n) is 8.23. The van der Waals surface area contributed by atoms with Crippen molar-refractivity contribution in [2.24, 2.45) is 0 Å². The molecule has 1 amide bonds. The van der Waals surface area contributed by atoms with E-state index in [1.54, 1.807) is 24.3 Å². The van der Waals surface area contributed by atoms with Crippen molar-refractivity contribution in [3.8, 4) is 11.1 Å². The molecule has 0 aliphatic carbocycles. The van der Waals surface area contributed by atoms with Crippen molar-refractivity contribution in [1.29, 1.82) is 0 Å². The summed E-state index contributed by atoms with van der Waals surface area (Å²) in [5.74, 6) is -0.178. The first-order chi connectivity index (χ1) is 16.4. The van der Waals surface area contributed by atoms with Crippen molar-refractivity contribution in [2.75, 3.05) is 31.3 Å². The van der Waals surface area contributed by atoms with Crippen molar-refractivity contribution in [2.45, 2.75) is 6.92 Å². The average Bonchev–Trinajstić information content (AvgIpc) is 2.80. The summed E-state index contributed by atoms with van der Waals surface area (Å²) in [4.78, 5) is 23.5. The van der Waals surface area contributed by atoms with Gasteiger partial charge in [0.1, 0.15) is 18.0 Å². The van der Waals surface area contributed by atoms with Crippen LogP contribution in [0.5, 0.6) is 0 Å². The number of carbonyl (C=O) groups is 1. The molecule has 4 aromatic rings. The number of benzene rings is 3. The maximum Gasteiger partial charge on any atom is 0.248 e. The van der Waals surface area contributed by atoms with E-state index < -0.39 is 0 Å². The molecule has 1 heterocycles. The number of para-hydroxylation sites is 1. The molecule has 0 bridgehead atoms. The summed E-state index contributed by atoms with van der Waals surface area (Å²) in [5, 5.41) is 6.79. The number of anilines is 3. The fourth-order valence-corrected chi connectivity index (χ4v) is 3.69. The molecule has 4 rings (SSSR count). The SMILES string of the molecule is Cc1cccc(-c2c(NC(=O)/C=C/CN(C)C)ccc3ncnc(Nc4ccccc4F)c23)c1. The quantitative estimate of drug-likeness (QED) is 0.358. The molecule has 0 radical (unpaired) electrons. The summed E-state index contributed by atoms with van der Waals surface area (Å²) in [7, 11) is 3.87. The summed E-state index contributed by atoms with van der Waals surface area (Å²) >= 11 is 0. The molecule has 1 aromatic heterocycles. The summed E-state index contributed by atoms with van der Waals surface area (Å²) in [6, 6.07) is 18.0. The van der Waals surface area contributed by atoms with E-state index in [1.807, 2.05) is 62.3 Å². The maximum atomic E-state index is 14.4. The Morgan fingerprint density at radius 2 is 1.85 bits per heavy atom. The van der Waals surface area contributed by atoms with Gasteiger partial charge in [0, 0.05) is 23.9 Å². The van der Waals surface area contributed by atoms with E-state index in [4.69, 9.17) is 0 Å². The van der Waals surface area contributed by atoms with Gasteiger partial charge in [-0.15, -0.1) is 0 Å². The number of halogens is 1. The lowest BCUT2D eigenvalue weighted by molar-refractivity contribution is -0.111. The lowest BCUT2D eigenvalue weighted by atomic mass is 9.97. The number of hydrogen-bond acceptors (Lipinski definition) is 5. The fourth-order valence-electron chi connectivity index (χ4n) is 3.69. The first-order valence-corrected chi connectivity index (χ1v) is 10.9. The van der Waals surface area contributed by atoms with Crippen LogP contribution in [0.4, 0.5) is 21.6 Å². The molecule has 0 spiro atoms. The second-order valence-corrected chi connectivity index (χ2v) is 8.23. The Balaban J connectivity index is 1.87. The lowest BCUT2D eigenvalue weighted by Crippen LogP contribution is -2.13. The van der Waals surface area contributed by atoms with Gasteiger partial charge in [0.05, 0.1) is 16.6 Å². The highest BCUT2D eigenvalue weighted by Crippen LogP contribution is 2.39. The van der Waals surface area contributed by atoms with E-state index in [-0.39, 0.29) is 11.7 Å². The largest absolute Gasteiger partial charge is 0.337 e. The Morgan fingerprint density at radius 3 is 2.62 bits per heavy atom. The lowest BCUT2D eigenvalue weighted by Gasteiger charge is -2.17. The molecular formula is C27H26FN5O. The molecule has 0 saturated carbocycles. The Kier molecular flexibility index (Phi) is 6.94. The molecular weight excluding hydrogens is 429 g/mol. The van der Waals surface area contributed by atoms with Crippen molar-refractivity contribution in [3.05, 3.63) is 90.5 Å². The molecule has 0 aliphatic rings. The van der Waals surface area contributed by atoms with Crippen LogP contribution < -0.4 is 10.6 Å². The molecule has 7 heteroatoms. The molecule has 2 N–H and O–H groups in total. The highest BCUT2D eigenvalue weighted by molar-refractivity contribution is 6.11. The number of aryl methyl sites for hydroxylation is 1. The number of fused-ring (bicyclic) bond motifs is 1. The summed E-state index contributed by atoms with van der Waals surface area (Å²) in [6.45, 7) is 2.66. The predicted molar refractivity (Wildman–Crippen MR) is 136 cm³/mol. The van der Waals surface area contributed by atoms with Crippen LogP contribution in [0, 0.1) is 12.7 Å². The third kappa shape index (κ3) is 5.27. The Hall–Kier alpha value is -4.10. The van der Waals surface area contributed by atoms with Crippen LogP contribution in [-0.2, 0) is 4.79 Å². The van der Waals surface area contributed by atoms with E-state index in [0.717, 1.165) is 16.7 Å². The number of hydrogen-bond donors (Lipinski definition) is 2. The topological polar surface area (TPSA) is 70.2 Å². The highest BCUT2D eigenvalue weighted by Gasteiger charge is 2.17. The standard InChI is InChI=1S/C27H26FN5O/c1-18-8-6-9-19(16-18)25-23(31-24(34)12-7-15-33(2)3)14-13-22-26(25)27(30-17-29-22)32-21-11-5-4-10-20(21)28/h4-14,16-17H,15H2,1-3H3,(H,31,34)(H,29,30,32)/b12-7+. The van der Waals surface area contributed by atoms with Gasteiger partial charge in [0.2, 0.25) is 5.91 Å². The van der Waals surface area contributed by atoms with Crippen LogP contribution in [-0.4, -0.2) is 41.4 Å². The van der Waals surface area contributed by atoms with Crippen LogP contribution in [0.3, 0.4) is 0 Å². The second kappa shape index (κ2) is 10.2. The third-order valence-electron chi connectivity index (χ3n) is 5.24. The minimum Gasteiger partial charge on any atom is -0.337 e. The highest BCUT2D eigenvalue weighted by atomic mass is 19.1. The number of aromatic nitrogens is 2. The Morgan fingerprint density at radius 1 is 1.03 bits per heavy atom. The zero-order chi connectivity index (χ0) is 24.1. The van der Waals surface area contributed by atoms with Gasteiger partial charge >= 0.3 is 0 Å². The molecule has 0 aliphatic heterocycles. The zero-order valence-corrected chi connectivity index (χ0v) is 19.3. The van der Waals surface area contributed by atoms with Gasteiger partial charge in [-0.1, -0.05) is 48.0 Å². The van der Waals surface area contributed by atoms with Crippen LogP contribution >= 0.6 is 0 Å². The number of amides is 1. The van der Waals surface area contributed by atoms with Gasteiger partial charge < -0.3 is 15.5 Å². The van der Waals surface area contributed by atoms with E-state index in [1.165, 1.54) is 18.5 Å². The van der Waals surface area contributed by atoms with Gasteiger partial charge in [-0.2, -0.15) is 0 Å². The molecule has 0 atom stereocenters. The van der Waals surface area contributed by atoms with Gasteiger partial charge in [0.25, 0.3) is 0 Å². The van der Waals surface area contributed by atoms with E-state index in [9.17, 15) is 9.18 Å². The Labute approximate surface area is 198 Å². The minimum atomic E-state index is -0.387. The number of likely N-dealkylation sites (N-methyl/N-ethyl adjacent to an activating group) is 1. The number of nitrogens with zero attached hydrogens (tertiary/aromatic N) is 3. The molecule has 3 aromatic carbocycles. The molecule has 0 unspecified atom stereocenters. The van der Waals surface area contributed by atoms with E-state index >= 15 is 0 Å². The van der Waals surface area contributed by atoms with Crippen LogP contribution in [0.1, 0.15) is 5.56 Å². The Bertz CT molecular complexity index is 1370. The minimum absolute atomic E-state index is 0.240. The van der Waals surface area contributed by atoms with E-state index in [2.05, 4.69) is 20.6 Å². The number of rotatable bonds is 7. The average molecular weight is 456 g/mol. The summed E-state index contributed by atoms with van der Waals surface area (Å²) < 4.78 is 14.4. The fraction of sp³-hybridized carbons (Fsp3) is 0.148. The summed E-state index contributed by atoms with van der Waals surface area (Å²) in [5.41, 5.74) is 4.31. The number of carbonyl (C=O) groups excluding carboxylic acids is 1. The monoisotopic (exact) mass is 455 g/mol. The van der Waals surface area contributed by atoms with Crippen molar-refractivity contribution in [1.82, 2.24) is 14.9 Å². The maximum absolute atomic E-state index is 14.4. The third-order valence-corrected chi connectivity index (χ3v) is 5.24. The molecule has 0 fully saturated rings. The van der Waals surface area contributed by atoms with Crippen LogP contribution in [0.2, 0.25) is 0 Å². The van der Waals surface area contributed by atoms with Gasteiger partial charge in [-0.05, 0) is 50.8 Å². The summed E-state index contributed by atoms with van der Waals surface area (Å²) in [6.07, 6.45) is 4.76. The first kappa shape index (κ1) is 23.1. The van der Waals surface area contributed by atoms with Gasteiger partial charge in [0.15, 0.2) is 0 Å². The molecule has 0 saturated heterocycles. The van der Waals surface area contributed by atoms with Gasteiger partial charge in [-0.3, -0.25) is 4.79 Å². The normalized spacial score (nSPS) is 11.3. The van der Waals surface area contributed by atoms with Crippen LogP contribution in [0.15, 0.2) is 79.1 Å². The van der Waals surface area contributed by atoms with Gasteiger partial charge in [-0.25, -0.2) is 14.4 Å². The number of nitrogens with one attached hydrogen (secondary N) is 2. The molecule has 34 heavy (non-hydrogen) atoms. The predicted octanol–water partition coefficient (Wildman–Crippen LogP) is 5.54. The van der Waals surface area contributed by atoms with E-state index in [0.29, 0.717) is 34.6 Å². The van der Waals surface area contributed by atoms with Crippen molar-refractivity contribution < 1.29 is 9.18 Å². The van der Waals surface area contributed by atoms with Crippen LogP contribution in [0.25, 0.3) is 22.0 Å². The van der Waals surface area contributed by atoms with Crippen molar-refractivity contribution in [3.63, 3.8) is 0 Å². The zero-order valence-electron chi connectivity index (χ0n) is 19.3. The smallest absolute Gasteiger partial charge is 0.248 e.